The lowest BCUT2D eigenvalue weighted by atomic mass is 9.43. The van der Waals surface area contributed by atoms with E-state index >= 15 is 0 Å². The summed E-state index contributed by atoms with van der Waals surface area (Å²) in [5.74, 6) is 1.24. The number of hydrogen-bond donors (Lipinski definition) is 4. The summed E-state index contributed by atoms with van der Waals surface area (Å²) >= 11 is 0. The van der Waals surface area contributed by atoms with Gasteiger partial charge in [0.1, 0.15) is 6.04 Å². The fraction of sp³-hybridized carbons (Fsp3) is 0.947. The SMILES string of the molecule is CC(NCC1CC(C)C2C(O1)C(O)C1(N)C3CCC4C(C)(C)C(OC5CN(C(=O)CC6CC6)CCO5)CCC45CC35CCC21C)C(=O)O. The Kier molecular flexibility index (Phi) is 8.00. The minimum Gasteiger partial charge on any atom is -0.480 e. The zero-order chi connectivity index (χ0) is 34.0. The molecule has 8 rings (SSSR count). The number of aliphatic carboxylic acids is 1. The Morgan fingerprint density at radius 3 is 2.52 bits per heavy atom. The van der Waals surface area contributed by atoms with Gasteiger partial charge in [-0.2, -0.15) is 0 Å². The fourth-order valence-electron chi connectivity index (χ4n) is 13.6. The average Bonchev–Trinajstić information content (AvgIpc) is 3.96. The van der Waals surface area contributed by atoms with Crippen LogP contribution in [0.1, 0.15) is 105 Å². The van der Waals surface area contributed by atoms with Gasteiger partial charge in [0, 0.05) is 19.5 Å². The highest BCUT2D eigenvalue weighted by Gasteiger charge is 2.85. The van der Waals surface area contributed by atoms with Crippen molar-refractivity contribution in [3.63, 3.8) is 0 Å². The van der Waals surface area contributed by atoms with Gasteiger partial charge in [-0.05, 0) is 122 Å². The zero-order valence-corrected chi connectivity index (χ0v) is 29.9. The number of carboxylic acid groups (broad SMARTS) is 1. The number of nitrogens with two attached hydrogens (primary N) is 1. The van der Waals surface area contributed by atoms with Crippen LogP contribution >= 0.6 is 0 Å². The normalized spacial score (nSPS) is 51.1. The van der Waals surface area contributed by atoms with Gasteiger partial charge in [-0.3, -0.25) is 9.59 Å². The predicted molar refractivity (Wildman–Crippen MR) is 179 cm³/mol. The zero-order valence-electron chi connectivity index (χ0n) is 29.9. The standard InChI is InChI=1S/C38H61N3O7/c1-21-16-24(18-40-22(2)33(44)45)47-31-30(21)35(5)12-13-37-20-36(37)11-10-27(34(3,4)25(36)8-9-26(37)38(35,39)32(31)43)48-29-19-41(14-15-46-29)28(42)17-23-6-7-23/h21-27,29-32,40,43H,6-20,39H2,1-5H3,(H,44,45). The maximum absolute atomic E-state index is 12.9. The topological polar surface area (TPSA) is 144 Å². The summed E-state index contributed by atoms with van der Waals surface area (Å²) in [4.78, 5) is 26.3. The number of carbonyl (C=O) groups is 2. The van der Waals surface area contributed by atoms with Crippen LogP contribution in [-0.2, 0) is 23.8 Å². The molecule has 14 atom stereocenters. The number of amides is 1. The second kappa shape index (κ2) is 11.3. The highest BCUT2D eigenvalue weighted by Crippen LogP contribution is 2.87. The third-order valence-corrected chi connectivity index (χ3v) is 16.2. The van der Waals surface area contributed by atoms with Crippen molar-refractivity contribution in [1.29, 1.82) is 0 Å². The average molecular weight is 672 g/mol. The van der Waals surface area contributed by atoms with E-state index in [2.05, 4.69) is 33.0 Å². The van der Waals surface area contributed by atoms with Crippen LogP contribution in [0.4, 0.5) is 0 Å². The molecule has 8 fully saturated rings. The van der Waals surface area contributed by atoms with Crippen LogP contribution in [0.15, 0.2) is 0 Å². The number of hydrogen-bond acceptors (Lipinski definition) is 8. The van der Waals surface area contributed by atoms with Crippen LogP contribution in [-0.4, -0.2) is 95.5 Å². The van der Waals surface area contributed by atoms with E-state index in [9.17, 15) is 19.8 Å². The molecular weight excluding hydrogens is 610 g/mol. The summed E-state index contributed by atoms with van der Waals surface area (Å²) in [5, 5.41) is 24.8. The molecule has 0 aromatic rings. The number of aliphatic hydroxyl groups is 1. The predicted octanol–water partition coefficient (Wildman–Crippen LogP) is 3.92. The molecule has 2 aliphatic heterocycles. The first-order chi connectivity index (χ1) is 22.7. The Morgan fingerprint density at radius 1 is 1.06 bits per heavy atom. The van der Waals surface area contributed by atoms with E-state index in [-0.39, 0.29) is 64.0 Å². The summed E-state index contributed by atoms with van der Waals surface area (Å²) < 4.78 is 19.6. The van der Waals surface area contributed by atoms with E-state index in [1.165, 1.54) is 25.7 Å². The lowest BCUT2D eigenvalue weighted by molar-refractivity contribution is -0.245. The van der Waals surface area contributed by atoms with Gasteiger partial charge in [-0.25, -0.2) is 0 Å². The molecule has 2 saturated heterocycles. The Labute approximate surface area is 286 Å². The van der Waals surface area contributed by atoms with Crippen molar-refractivity contribution in [1.82, 2.24) is 10.2 Å². The van der Waals surface area contributed by atoms with Gasteiger partial charge >= 0.3 is 5.97 Å². The number of rotatable bonds is 8. The van der Waals surface area contributed by atoms with Gasteiger partial charge in [0.2, 0.25) is 5.91 Å². The first kappa shape index (κ1) is 33.8. The van der Waals surface area contributed by atoms with Gasteiger partial charge < -0.3 is 40.4 Å². The molecule has 0 aromatic carbocycles. The van der Waals surface area contributed by atoms with Crippen LogP contribution in [0.3, 0.4) is 0 Å². The van der Waals surface area contributed by atoms with Crippen molar-refractivity contribution < 1.29 is 34.0 Å². The fourth-order valence-corrected chi connectivity index (χ4v) is 13.6. The molecule has 2 heterocycles. The number of ether oxygens (including phenoxy) is 3. The number of carbonyl (C=O) groups excluding carboxylic acids is 1. The second-order valence-electron chi connectivity index (χ2n) is 18.7. The summed E-state index contributed by atoms with van der Waals surface area (Å²) in [5.41, 5.74) is 7.16. The molecule has 5 N–H and O–H groups in total. The van der Waals surface area contributed by atoms with Crippen LogP contribution in [0.5, 0.6) is 0 Å². The molecule has 270 valence electrons. The highest BCUT2D eigenvalue weighted by atomic mass is 16.7. The molecule has 6 saturated carbocycles. The minimum absolute atomic E-state index is 0.0356. The maximum Gasteiger partial charge on any atom is 0.320 e. The van der Waals surface area contributed by atoms with Crippen LogP contribution in [0.25, 0.3) is 0 Å². The number of nitrogens with zero attached hydrogens (tertiary/aromatic N) is 1. The minimum atomic E-state index is -0.871. The lowest BCUT2D eigenvalue weighted by Crippen LogP contribution is -2.70. The molecule has 10 heteroatoms. The molecule has 0 radical (unpaired) electrons. The van der Waals surface area contributed by atoms with Gasteiger partial charge in [-0.1, -0.05) is 27.7 Å². The number of carboxylic acids is 1. The van der Waals surface area contributed by atoms with Crippen molar-refractivity contribution in [3.8, 4) is 0 Å². The molecule has 14 unspecified atom stereocenters. The molecule has 10 nitrogen and oxygen atoms in total. The van der Waals surface area contributed by atoms with E-state index in [0.29, 0.717) is 50.4 Å². The second-order valence-corrected chi connectivity index (χ2v) is 18.7. The Hall–Kier alpha value is -1.30. The molecule has 48 heavy (non-hydrogen) atoms. The third-order valence-electron chi connectivity index (χ3n) is 16.2. The van der Waals surface area contributed by atoms with Crippen LogP contribution < -0.4 is 11.1 Å². The number of nitrogens with one attached hydrogen (secondary N) is 1. The maximum atomic E-state index is 12.9. The Balaban J connectivity index is 0.981. The summed E-state index contributed by atoms with van der Waals surface area (Å²) in [6, 6.07) is -0.645. The molecule has 1 amide bonds. The van der Waals surface area contributed by atoms with Crippen LogP contribution in [0.2, 0.25) is 0 Å². The van der Waals surface area contributed by atoms with Crippen LogP contribution in [0, 0.1) is 51.2 Å². The number of fused-ring (bicyclic) bond motifs is 4. The first-order valence-electron chi connectivity index (χ1n) is 19.3. The summed E-state index contributed by atoms with van der Waals surface area (Å²) in [6.45, 7) is 13.3. The third kappa shape index (κ3) is 4.70. The van der Waals surface area contributed by atoms with Crippen molar-refractivity contribution >= 4 is 11.9 Å². The Morgan fingerprint density at radius 2 is 1.79 bits per heavy atom. The molecule has 6 aliphatic carbocycles. The van der Waals surface area contributed by atoms with Crippen molar-refractivity contribution in [2.75, 3.05) is 26.2 Å². The molecule has 0 bridgehead atoms. The molecular formula is C38H61N3O7. The summed E-state index contributed by atoms with van der Waals surface area (Å²) in [6.07, 6.45) is 9.97. The van der Waals surface area contributed by atoms with E-state index < -0.39 is 23.7 Å². The molecule has 2 spiro atoms. The largest absolute Gasteiger partial charge is 0.480 e. The lowest BCUT2D eigenvalue weighted by Gasteiger charge is -2.63. The molecule has 0 aromatic heterocycles. The van der Waals surface area contributed by atoms with Gasteiger partial charge in [0.25, 0.3) is 0 Å². The smallest absolute Gasteiger partial charge is 0.320 e. The Bertz CT molecular complexity index is 1310. The van der Waals surface area contributed by atoms with E-state index in [0.717, 1.165) is 38.5 Å². The van der Waals surface area contributed by atoms with Gasteiger partial charge in [-0.15, -0.1) is 0 Å². The number of aliphatic hydroxyl groups excluding tert-OH is 1. The van der Waals surface area contributed by atoms with Crippen molar-refractivity contribution in [2.24, 2.45) is 57.0 Å². The van der Waals surface area contributed by atoms with Crippen molar-refractivity contribution in [2.45, 2.75) is 148 Å². The summed E-state index contributed by atoms with van der Waals surface area (Å²) in [7, 11) is 0. The van der Waals surface area contributed by atoms with Crippen molar-refractivity contribution in [3.05, 3.63) is 0 Å². The van der Waals surface area contributed by atoms with E-state index in [1.54, 1.807) is 6.92 Å². The van der Waals surface area contributed by atoms with Gasteiger partial charge in [0.15, 0.2) is 6.29 Å². The molecule has 8 aliphatic rings. The van der Waals surface area contributed by atoms with E-state index in [1.807, 2.05) is 4.90 Å². The first-order valence-corrected chi connectivity index (χ1v) is 19.3. The number of morpholine rings is 1. The highest BCUT2D eigenvalue weighted by molar-refractivity contribution is 5.76. The quantitative estimate of drug-likeness (QED) is 0.302. The van der Waals surface area contributed by atoms with E-state index in [4.69, 9.17) is 19.9 Å². The van der Waals surface area contributed by atoms with Gasteiger partial charge in [0.05, 0.1) is 43.1 Å². The monoisotopic (exact) mass is 671 g/mol.